The fourth-order valence-electron chi connectivity index (χ4n) is 1.19. The molecule has 1 aromatic carbocycles. The van der Waals surface area contributed by atoms with E-state index in [1.54, 1.807) is 31.3 Å². The van der Waals surface area contributed by atoms with Gasteiger partial charge in [0, 0.05) is 0 Å². The summed E-state index contributed by atoms with van der Waals surface area (Å²) < 4.78 is 4.74. The molecule has 0 heterocycles. The van der Waals surface area contributed by atoms with Crippen LogP contribution in [0.25, 0.3) is 0 Å². The summed E-state index contributed by atoms with van der Waals surface area (Å²) in [5.41, 5.74) is 1.06. The number of esters is 1. The van der Waals surface area contributed by atoms with Crippen molar-refractivity contribution in [3.63, 3.8) is 0 Å². The van der Waals surface area contributed by atoms with Crippen LogP contribution < -0.4 is 5.32 Å². The van der Waals surface area contributed by atoms with Crippen molar-refractivity contribution in [3.8, 4) is 0 Å². The number of aliphatic hydroxyl groups is 2. The first-order valence-corrected chi connectivity index (χ1v) is 4.92. The average molecular weight is 225 g/mol. The molecule has 1 unspecified atom stereocenters. The van der Waals surface area contributed by atoms with Gasteiger partial charge < -0.3 is 14.9 Å². The van der Waals surface area contributed by atoms with E-state index in [-0.39, 0.29) is 13.2 Å². The summed E-state index contributed by atoms with van der Waals surface area (Å²) in [6, 6.07) is 6.40. The molecule has 0 aliphatic heterocycles. The third kappa shape index (κ3) is 3.30. The lowest BCUT2D eigenvalue weighted by Crippen LogP contribution is -2.15. The molecule has 0 radical (unpaired) electrons. The monoisotopic (exact) mass is 225 g/mol. The van der Waals surface area contributed by atoms with E-state index in [9.17, 15) is 9.90 Å². The number of ether oxygens (including phenoxy) is 1. The third-order valence-corrected chi connectivity index (χ3v) is 2.06. The molecular formula is C11H15NO4. The molecular weight excluding hydrogens is 210 g/mol. The van der Waals surface area contributed by atoms with Gasteiger partial charge in [0.05, 0.1) is 12.2 Å². The molecule has 0 aliphatic carbocycles. The van der Waals surface area contributed by atoms with E-state index in [2.05, 4.69) is 5.32 Å². The molecule has 0 amide bonds. The van der Waals surface area contributed by atoms with Gasteiger partial charge in [0.1, 0.15) is 12.8 Å². The molecule has 1 aromatic rings. The number of carbonyl (C=O) groups is 1. The third-order valence-electron chi connectivity index (χ3n) is 2.06. The van der Waals surface area contributed by atoms with Gasteiger partial charge in [0.2, 0.25) is 0 Å². The molecule has 0 fully saturated rings. The van der Waals surface area contributed by atoms with Crippen LogP contribution in [0.5, 0.6) is 0 Å². The van der Waals surface area contributed by atoms with Crippen LogP contribution in [-0.2, 0) is 4.74 Å². The lowest BCUT2D eigenvalue weighted by molar-refractivity contribution is 0.0433. The van der Waals surface area contributed by atoms with Crippen molar-refractivity contribution < 1.29 is 19.7 Å². The lowest BCUT2D eigenvalue weighted by atomic mass is 10.1. The molecule has 1 rings (SSSR count). The van der Waals surface area contributed by atoms with E-state index < -0.39 is 12.2 Å². The highest BCUT2D eigenvalue weighted by atomic mass is 16.5. The first kappa shape index (κ1) is 12.6. The highest BCUT2D eigenvalue weighted by Crippen LogP contribution is 2.11. The van der Waals surface area contributed by atoms with Gasteiger partial charge in [-0.25, -0.2) is 4.79 Å². The zero-order valence-electron chi connectivity index (χ0n) is 9.01. The minimum atomic E-state index is -0.748. The van der Waals surface area contributed by atoms with Crippen LogP contribution in [0.4, 0.5) is 0 Å². The Balaban J connectivity index is 2.67. The first-order chi connectivity index (χ1) is 7.69. The maximum atomic E-state index is 11.3. The summed E-state index contributed by atoms with van der Waals surface area (Å²) in [4.78, 5) is 11.3. The van der Waals surface area contributed by atoms with E-state index >= 15 is 0 Å². The predicted molar refractivity (Wildman–Crippen MR) is 57.8 cm³/mol. The van der Waals surface area contributed by atoms with Gasteiger partial charge in [-0.3, -0.25) is 5.32 Å². The second kappa shape index (κ2) is 6.22. The van der Waals surface area contributed by atoms with Crippen LogP contribution in [0.3, 0.4) is 0 Å². The zero-order chi connectivity index (χ0) is 12.0. The number of carbonyl (C=O) groups excluding carboxylic acids is 1. The van der Waals surface area contributed by atoms with Gasteiger partial charge >= 0.3 is 5.97 Å². The Morgan fingerprint density at radius 1 is 1.44 bits per heavy atom. The Morgan fingerprint density at radius 2 is 2.06 bits per heavy atom. The van der Waals surface area contributed by atoms with Gasteiger partial charge in [0.25, 0.3) is 0 Å². The van der Waals surface area contributed by atoms with E-state index in [1.165, 1.54) is 0 Å². The topological polar surface area (TPSA) is 78.8 Å². The summed E-state index contributed by atoms with van der Waals surface area (Å²) in [7, 11) is 1.63. The fourth-order valence-corrected chi connectivity index (χ4v) is 1.19. The second-order valence-corrected chi connectivity index (χ2v) is 3.17. The maximum absolute atomic E-state index is 11.3. The van der Waals surface area contributed by atoms with Gasteiger partial charge in [-0.1, -0.05) is 12.1 Å². The molecule has 16 heavy (non-hydrogen) atoms. The fraction of sp³-hybridized carbons (Fsp3) is 0.364. The number of aliphatic hydroxyl groups excluding tert-OH is 2. The van der Waals surface area contributed by atoms with Crippen molar-refractivity contribution in [3.05, 3.63) is 35.4 Å². The van der Waals surface area contributed by atoms with Crippen LogP contribution in [0.15, 0.2) is 24.3 Å². The molecule has 0 saturated carbocycles. The Hall–Kier alpha value is -1.43. The Labute approximate surface area is 93.7 Å². The van der Waals surface area contributed by atoms with E-state index in [0.717, 1.165) is 0 Å². The van der Waals surface area contributed by atoms with E-state index in [4.69, 9.17) is 9.84 Å². The Kier molecular flexibility index (Phi) is 4.91. The van der Waals surface area contributed by atoms with Crippen molar-refractivity contribution in [1.82, 2.24) is 5.32 Å². The van der Waals surface area contributed by atoms with Crippen molar-refractivity contribution >= 4 is 5.97 Å². The summed E-state index contributed by atoms with van der Waals surface area (Å²) in [6.07, 6.45) is -0.748. The highest BCUT2D eigenvalue weighted by Gasteiger charge is 2.08. The first-order valence-electron chi connectivity index (χ1n) is 4.92. The van der Waals surface area contributed by atoms with Gasteiger partial charge in [-0.05, 0) is 24.7 Å². The van der Waals surface area contributed by atoms with E-state index in [1.807, 2.05) is 0 Å². The van der Waals surface area contributed by atoms with Crippen molar-refractivity contribution in [2.75, 3.05) is 20.3 Å². The number of rotatable bonds is 5. The lowest BCUT2D eigenvalue weighted by Gasteiger charge is -2.09. The molecule has 0 spiro atoms. The number of hydrogen-bond acceptors (Lipinski definition) is 5. The molecule has 0 aromatic heterocycles. The van der Waals surface area contributed by atoms with Crippen LogP contribution in [0.2, 0.25) is 0 Å². The van der Waals surface area contributed by atoms with Gasteiger partial charge in [-0.2, -0.15) is 0 Å². The van der Waals surface area contributed by atoms with Crippen molar-refractivity contribution in [2.45, 2.75) is 6.23 Å². The SMILES string of the molecule is CNC(O)c1ccc(C(=O)OCCO)cc1. The van der Waals surface area contributed by atoms with Gasteiger partial charge in [-0.15, -0.1) is 0 Å². The normalized spacial score (nSPS) is 12.2. The molecule has 0 aliphatic rings. The van der Waals surface area contributed by atoms with E-state index in [0.29, 0.717) is 11.1 Å². The van der Waals surface area contributed by atoms with Crippen molar-refractivity contribution in [2.24, 2.45) is 0 Å². The number of benzene rings is 1. The van der Waals surface area contributed by atoms with Crippen molar-refractivity contribution in [1.29, 1.82) is 0 Å². The molecule has 1 atom stereocenters. The smallest absolute Gasteiger partial charge is 0.338 e. The molecule has 88 valence electrons. The number of nitrogens with one attached hydrogen (secondary N) is 1. The van der Waals surface area contributed by atoms with Crippen LogP contribution in [0.1, 0.15) is 22.1 Å². The Morgan fingerprint density at radius 3 is 2.56 bits per heavy atom. The summed E-state index contributed by atoms with van der Waals surface area (Å²) in [5.74, 6) is -0.487. The maximum Gasteiger partial charge on any atom is 0.338 e. The minimum absolute atomic E-state index is 0.0142. The summed E-state index contributed by atoms with van der Waals surface area (Å²) in [6.45, 7) is -0.206. The largest absolute Gasteiger partial charge is 0.460 e. The average Bonchev–Trinajstić information content (AvgIpc) is 2.35. The standard InChI is InChI=1S/C11H15NO4/c1-12-10(14)8-2-4-9(5-3-8)11(15)16-7-6-13/h2-5,10,12-14H,6-7H2,1H3. The van der Waals surface area contributed by atoms with Crippen LogP contribution in [-0.4, -0.2) is 36.4 Å². The second-order valence-electron chi connectivity index (χ2n) is 3.17. The predicted octanol–water partition coefficient (Wildman–Crippen LogP) is 0.0460. The summed E-state index contributed by atoms with van der Waals surface area (Å²) >= 11 is 0. The molecule has 5 heteroatoms. The van der Waals surface area contributed by atoms with Gasteiger partial charge in [0.15, 0.2) is 0 Å². The molecule has 0 saturated heterocycles. The summed E-state index contributed by atoms with van der Waals surface area (Å²) in [5, 5.41) is 20.6. The number of hydrogen-bond donors (Lipinski definition) is 3. The zero-order valence-corrected chi connectivity index (χ0v) is 9.01. The van der Waals surface area contributed by atoms with Crippen LogP contribution >= 0.6 is 0 Å². The Bertz CT molecular complexity index is 336. The molecule has 5 nitrogen and oxygen atoms in total. The minimum Gasteiger partial charge on any atom is -0.460 e. The van der Waals surface area contributed by atoms with Crippen LogP contribution in [0, 0.1) is 0 Å². The molecule has 0 bridgehead atoms. The highest BCUT2D eigenvalue weighted by molar-refractivity contribution is 5.89. The molecule has 3 N–H and O–H groups in total. The quantitative estimate of drug-likeness (QED) is 0.487.